The van der Waals surface area contributed by atoms with Gasteiger partial charge in [-0.05, 0) is 60.5 Å². The summed E-state index contributed by atoms with van der Waals surface area (Å²) in [6, 6.07) is 21.7. The van der Waals surface area contributed by atoms with Crippen LogP contribution in [0.4, 0.5) is 15.8 Å². The fourth-order valence-electron chi connectivity index (χ4n) is 2.47. The van der Waals surface area contributed by atoms with Crippen molar-refractivity contribution in [3.8, 4) is 0 Å². The minimum absolute atomic E-state index is 0.224. The summed E-state index contributed by atoms with van der Waals surface area (Å²) in [5.41, 5.74) is 2.43. The number of hydrogen-bond donors (Lipinski definition) is 2. The lowest BCUT2D eigenvalue weighted by molar-refractivity contribution is 0.601. The Morgan fingerprint density at radius 1 is 0.769 bits per heavy atom. The Kier molecular flexibility index (Phi) is 5.53. The average Bonchev–Trinajstić information content (AvgIpc) is 2.65. The minimum atomic E-state index is -3.58. The van der Waals surface area contributed by atoms with E-state index in [0.29, 0.717) is 12.2 Å². The Morgan fingerprint density at radius 2 is 1.38 bits per heavy atom. The number of nitrogens with one attached hydrogen (secondary N) is 2. The zero-order chi connectivity index (χ0) is 18.4. The number of halogens is 1. The monoisotopic (exact) mass is 370 g/mol. The Hall–Kier alpha value is -2.86. The molecular formula is C20H19FN2O2S. The van der Waals surface area contributed by atoms with Gasteiger partial charge in [-0.15, -0.1) is 0 Å². The maximum absolute atomic E-state index is 12.9. The van der Waals surface area contributed by atoms with Crippen LogP contribution < -0.4 is 10.0 Å². The van der Waals surface area contributed by atoms with E-state index in [0.717, 1.165) is 17.7 Å². The van der Waals surface area contributed by atoms with Gasteiger partial charge < -0.3 is 5.32 Å². The Bertz CT molecular complexity index is 941. The molecule has 3 aromatic rings. The molecule has 0 atom stereocenters. The molecule has 0 amide bonds. The molecule has 0 radical (unpaired) electrons. The van der Waals surface area contributed by atoms with Crippen LogP contribution in [0.3, 0.4) is 0 Å². The molecule has 2 N–H and O–H groups in total. The third-order valence-corrected chi connectivity index (χ3v) is 5.24. The van der Waals surface area contributed by atoms with Gasteiger partial charge in [-0.25, -0.2) is 12.8 Å². The first-order valence-electron chi connectivity index (χ1n) is 8.19. The molecule has 0 saturated heterocycles. The molecule has 0 aliphatic carbocycles. The van der Waals surface area contributed by atoms with Crippen LogP contribution in [0, 0.1) is 5.82 Å². The highest BCUT2D eigenvalue weighted by Crippen LogP contribution is 2.18. The number of sulfonamides is 1. The average molecular weight is 370 g/mol. The zero-order valence-electron chi connectivity index (χ0n) is 14.0. The summed E-state index contributed by atoms with van der Waals surface area (Å²) in [6.07, 6.45) is 0.767. The topological polar surface area (TPSA) is 58.2 Å². The first-order valence-corrected chi connectivity index (χ1v) is 9.67. The highest BCUT2D eigenvalue weighted by molar-refractivity contribution is 7.92. The fraction of sp³-hybridized carbons (Fsp3) is 0.100. The van der Waals surface area contributed by atoms with Crippen LogP contribution >= 0.6 is 0 Å². The van der Waals surface area contributed by atoms with Crippen molar-refractivity contribution in [3.05, 3.63) is 90.2 Å². The third-order valence-electron chi connectivity index (χ3n) is 3.85. The summed E-state index contributed by atoms with van der Waals surface area (Å²) in [5.74, 6) is -0.241. The van der Waals surface area contributed by atoms with Crippen LogP contribution in [0.5, 0.6) is 0 Å². The lowest BCUT2D eigenvalue weighted by Gasteiger charge is -2.10. The largest absolute Gasteiger partial charge is 0.385 e. The van der Waals surface area contributed by atoms with Crippen LogP contribution in [-0.2, 0) is 16.4 Å². The summed E-state index contributed by atoms with van der Waals surface area (Å²) in [5, 5.41) is 3.26. The molecule has 0 aliphatic heterocycles. The molecule has 0 bridgehead atoms. The fourth-order valence-corrected chi connectivity index (χ4v) is 3.55. The maximum Gasteiger partial charge on any atom is 0.261 e. The van der Waals surface area contributed by atoms with Crippen LogP contribution in [0.1, 0.15) is 5.56 Å². The number of rotatable bonds is 7. The van der Waals surface area contributed by atoms with E-state index in [1.54, 1.807) is 54.6 Å². The van der Waals surface area contributed by atoms with Gasteiger partial charge in [0.05, 0.1) is 4.90 Å². The predicted molar refractivity (Wildman–Crippen MR) is 102 cm³/mol. The van der Waals surface area contributed by atoms with Crippen molar-refractivity contribution in [2.24, 2.45) is 0 Å². The molecule has 0 aliphatic rings. The lowest BCUT2D eigenvalue weighted by atomic mass is 10.1. The molecule has 6 heteroatoms. The van der Waals surface area contributed by atoms with Crippen LogP contribution in [0.15, 0.2) is 83.8 Å². The molecule has 0 heterocycles. The highest BCUT2D eigenvalue weighted by atomic mass is 32.2. The molecular weight excluding hydrogens is 351 g/mol. The van der Waals surface area contributed by atoms with E-state index in [9.17, 15) is 12.8 Å². The second-order valence-electron chi connectivity index (χ2n) is 5.80. The minimum Gasteiger partial charge on any atom is -0.385 e. The normalized spacial score (nSPS) is 11.1. The second-order valence-corrected chi connectivity index (χ2v) is 7.48. The summed E-state index contributed by atoms with van der Waals surface area (Å²) < 4.78 is 40.0. The van der Waals surface area contributed by atoms with Gasteiger partial charge in [-0.1, -0.05) is 30.3 Å². The van der Waals surface area contributed by atoms with Gasteiger partial charge in [0.1, 0.15) is 5.82 Å². The van der Waals surface area contributed by atoms with Crippen molar-refractivity contribution >= 4 is 21.4 Å². The van der Waals surface area contributed by atoms with Crippen LogP contribution in [0.25, 0.3) is 0 Å². The molecule has 134 valence electrons. The Balaban J connectivity index is 1.56. The first-order chi connectivity index (χ1) is 12.5. The van der Waals surface area contributed by atoms with E-state index >= 15 is 0 Å². The van der Waals surface area contributed by atoms with E-state index < -0.39 is 10.0 Å². The van der Waals surface area contributed by atoms with E-state index in [4.69, 9.17) is 0 Å². The van der Waals surface area contributed by atoms with Gasteiger partial charge in [0, 0.05) is 17.9 Å². The van der Waals surface area contributed by atoms with E-state index in [1.165, 1.54) is 12.1 Å². The van der Waals surface area contributed by atoms with Crippen LogP contribution in [-0.4, -0.2) is 15.0 Å². The van der Waals surface area contributed by atoms with E-state index in [2.05, 4.69) is 10.0 Å². The van der Waals surface area contributed by atoms with Gasteiger partial charge in [-0.2, -0.15) is 0 Å². The number of benzene rings is 3. The number of hydrogen-bond acceptors (Lipinski definition) is 3. The Morgan fingerprint density at radius 3 is 2.04 bits per heavy atom. The van der Waals surface area contributed by atoms with Gasteiger partial charge in [-0.3, -0.25) is 4.72 Å². The summed E-state index contributed by atoms with van der Waals surface area (Å²) >= 11 is 0. The molecule has 0 aromatic heterocycles. The third kappa shape index (κ3) is 4.83. The van der Waals surface area contributed by atoms with Gasteiger partial charge in [0.25, 0.3) is 10.0 Å². The van der Waals surface area contributed by atoms with Crippen molar-refractivity contribution in [1.29, 1.82) is 0 Å². The second kappa shape index (κ2) is 8.01. The van der Waals surface area contributed by atoms with Crippen molar-refractivity contribution in [3.63, 3.8) is 0 Å². The molecule has 4 nitrogen and oxygen atoms in total. The van der Waals surface area contributed by atoms with Crippen molar-refractivity contribution < 1.29 is 12.8 Å². The van der Waals surface area contributed by atoms with Crippen LogP contribution in [0.2, 0.25) is 0 Å². The predicted octanol–water partition coefficient (Wildman–Crippen LogP) is 4.28. The van der Waals surface area contributed by atoms with Crippen molar-refractivity contribution in [1.82, 2.24) is 0 Å². The van der Waals surface area contributed by atoms with E-state index in [1.807, 2.05) is 12.1 Å². The molecule has 3 rings (SSSR count). The standard InChI is InChI=1S/C20H19FN2O2S/c21-17-8-6-16(7-9-17)14-15-22-18-10-12-19(13-11-18)23-26(24,25)20-4-2-1-3-5-20/h1-13,22-23H,14-15H2. The summed E-state index contributed by atoms with van der Waals surface area (Å²) in [6.45, 7) is 0.695. The first kappa shape index (κ1) is 17.9. The maximum atomic E-state index is 12.9. The smallest absolute Gasteiger partial charge is 0.261 e. The van der Waals surface area contributed by atoms with Gasteiger partial charge in [0.15, 0.2) is 0 Å². The molecule has 0 spiro atoms. The molecule has 26 heavy (non-hydrogen) atoms. The molecule has 0 saturated carbocycles. The SMILES string of the molecule is O=S(=O)(Nc1ccc(NCCc2ccc(F)cc2)cc1)c1ccccc1. The van der Waals surface area contributed by atoms with Crippen molar-refractivity contribution in [2.75, 3.05) is 16.6 Å². The lowest BCUT2D eigenvalue weighted by Crippen LogP contribution is -2.12. The molecule has 0 fully saturated rings. The summed E-state index contributed by atoms with van der Waals surface area (Å²) in [7, 11) is -3.58. The summed E-state index contributed by atoms with van der Waals surface area (Å²) in [4.78, 5) is 0.224. The molecule has 0 unspecified atom stereocenters. The zero-order valence-corrected chi connectivity index (χ0v) is 14.8. The van der Waals surface area contributed by atoms with E-state index in [-0.39, 0.29) is 10.7 Å². The van der Waals surface area contributed by atoms with Gasteiger partial charge in [0.2, 0.25) is 0 Å². The van der Waals surface area contributed by atoms with Crippen molar-refractivity contribution in [2.45, 2.75) is 11.3 Å². The quantitative estimate of drug-likeness (QED) is 0.653. The van der Waals surface area contributed by atoms with Gasteiger partial charge >= 0.3 is 0 Å². The highest BCUT2D eigenvalue weighted by Gasteiger charge is 2.13. The molecule has 3 aromatic carbocycles. The Labute approximate surface area is 152 Å². The number of anilines is 2.